The molecule has 0 saturated carbocycles. The lowest BCUT2D eigenvalue weighted by Crippen LogP contribution is -2.38. The van der Waals surface area contributed by atoms with Crippen LogP contribution in [0.2, 0.25) is 5.02 Å². The summed E-state index contributed by atoms with van der Waals surface area (Å²) >= 11 is 6.16. The topological polar surface area (TPSA) is 58.6 Å². The largest absolute Gasteiger partial charge is 0.480 e. The lowest BCUT2D eigenvalue weighted by Gasteiger charge is -2.23. The highest BCUT2D eigenvalue weighted by Crippen LogP contribution is 2.31. The molecule has 2 amide bonds. The number of rotatable bonds is 5. The van der Waals surface area contributed by atoms with Gasteiger partial charge in [-0.15, -0.1) is 0 Å². The number of amides is 2. The van der Waals surface area contributed by atoms with E-state index in [9.17, 15) is 22.8 Å². The highest BCUT2D eigenvalue weighted by molar-refractivity contribution is 6.31. The second kappa shape index (κ2) is 9.77. The van der Waals surface area contributed by atoms with Crippen molar-refractivity contribution in [2.75, 3.05) is 5.32 Å². The zero-order valence-corrected chi connectivity index (χ0v) is 18.8. The summed E-state index contributed by atoms with van der Waals surface area (Å²) in [4.78, 5) is 27.1. The van der Waals surface area contributed by atoms with E-state index in [2.05, 4.69) is 5.32 Å². The molecule has 9 heteroatoms. The molecule has 5 nitrogen and oxygen atoms in total. The third-order valence-corrected chi connectivity index (χ3v) is 5.81. The molecule has 4 rings (SSSR count). The number of nitrogens with one attached hydrogen (secondary N) is 1. The van der Waals surface area contributed by atoms with E-state index in [1.807, 2.05) is 6.92 Å². The van der Waals surface area contributed by atoms with Gasteiger partial charge in [0.25, 0.3) is 11.8 Å². The first-order valence-electron chi connectivity index (χ1n) is 10.5. The van der Waals surface area contributed by atoms with E-state index in [4.69, 9.17) is 16.3 Å². The summed E-state index contributed by atoms with van der Waals surface area (Å²) in [6.45, 7) is 2.10. The molecule has 0 bridgehead atoms. The zero-order valence-electron chi connectivity index (χ0n) is 18.1. The lowest BCUT2D eigenvalue weighted by molar-refractivity contribution is -0.139. The highest BCUT2D eigenvalue weighted by Gasteiger charge is 2.30. The molecule has 1 aliphatic rings. The molecule has 0 saturated heterocycles. The van der Waals surface area contributed by atoms with E-state index in [1.165, 1.54) is 18.2 Å². The first-order chi connectivity index (χ1) is 16.2. The molecule has 1 aliphatic heterocycles. The average molecular weight is 489 g/mol. The maximum absolute atomic E-state index is 14.0. The van der Waals surface area contributed by atoms with Crippen molar-refractivity contribution in [3.63, 3.8) is 0 Å². The predicted octanol–water partition coefficient (Wildman–Crippen LogP) is 5.71. The molecule has 3 aromatic rings. The fourth-order valence-electron chi connectivity index (χ4n) is 3.71. The Kier molecular flexibility index (Phi) is 6.79. The molecular formula is C25H20ClF3N2O3. The van der Waals surface area contributed by atoms with Gasteiger partial charge in [0.2, 0.25) is 0 Å². The number of ether oxygens (including phenoxy) is 1. The summed E-state index contributed by atoms with van der Waals surface area (Å²) < 4.78 is 46.5. The SMILES string of the molecule is CCC1Oc2ccc(NC(=O)c3ccc(F)cc3F)cc2CN(Cc2ccc(F)cc2Cl)C1=O. The van der Waals surface area contributed by atoms with Gasteiger partial charge in [0.1, 0.15) is 23.2 Å². The molecule has 1 atom stereocenters. The number of halogens is 4. The van der Waals surface area contributed by atoms with Crippen molar-refractivity contribution < 1.29 is 27.5 Å². The Morgan fingerprint density at radius 1 is 1.09 bits per heavy atom. The number of hydrogen-bond donors (Lipinski definition) is 1. The number of hydrogen-bond acceptors (Lipinski definition) is 3. The molecule has 0 aromatic heterocycles. The Bertz CT molecular complexity index is 1270. The Morgan fingerprint density at radius 3 is 2.53 bits per heavy atom. The summed E-state index contributed by atoms with van der Waals surface area (Å²) in [6.07, 6.45) is -0.303. The quantitative estimate of drug-likeness (QED) is 0.500. The molecule has 0 radical (unpaired) electrons. The van der Waals surface area contributed by atoms with Crippen LogP contribution < -0.4 is 10.1 Å². The fourth-order valence-corrected chi connectivity index (χ4v) is 3.93. The van der Waals surface area contributed by atoms with Crippen LogP contribution in [0.15, 0.2) is 54.6 Å². The molecule has 176 valence electrons. The van der Waals surface area contributed by atoms with E-state index in [1.54, 1.807) is 23.1 Å². The first kappa shape index (κ1) is 23.6. The van der Waals surface area contributed by atoms with Gasteiger partial charge in [0.15, 0.2) is 6.10 Å². The van der Waals surface area contributed by atoms with Crippen molar-refractivity contribution in [1.29, 1.82) is 0 Å². The van der Waals surface area contributed by atoms with E-state index < -0.39 is 29.5 Å². The zero-order chi connectivity index (χ0) is 24.4. The van der Waals surface area contributed by atoms with Crippen molar-refractivity contribution in [1.82, 2.24) is 4.90 Å². The van der Waals surface area contributed by atoms with E-state index in [0.717, 1.165) is 12.1 Å². The van der Waals surface area contributed by atoms with Crippen LogP contribution in [0.3, 0.4) is 0 Å². The minimum Gasteiger partial charge on any atom is -0.480 e. The summed E-state index contributed by atoms with van der Waals surface area (Å²) in [7, 11) is 0. The van der Waals surface area contributed by atoms with Crippen LogP contribution in [0.25, 0.3) is 0 Å². The Hall–Kier alpha value is -3.52. The molecular weight excluding hydrogens is 469 g/mol. The summed E-state index contributed by atoms with van der Waals surface area (Å²) in [5.41, 5.74) is 1.23. The summed E-state index contributed by atoms with van der Waals surface area (Å²) in [5.74, 6) is -2.77. The standard InChI is InChI=1S/C25H20ClF3N2O3/c1-2-22-25(33)31(12-14-3-4-16(27)10-20(14)26)13-15-9-18(6-8-23(15)34-22)30-24(32)19-7-5-17(28)11-21(19)29/h3-11,22H,2,12-13H2,1H3,(H,30,32). The summed E-state index contributed by atoms with van der Waals surface area (Å²) in [5, 5.41) is 2.78. The predicted molar refractivity (Wildman–Crippen MR) is 121 cm³/mol. The molecule has 0 spiro atoms. The molecule has 1 N–H and O–H groups in total. The van der Waals surface area contributed by atoms with Crippen LogP contribution in [0.5, 0.6) is 5.75 Å². The van der Waals surface area contributed by atoms with Crippen LogP contribution in [0.4, 0.5) is 18.9 Å². The third kappa shape index (κ3) is 5.02. The second-order valence-corrected chi connectivity index (χ2v) is 8.25. The molecule has 0 aliphatic carbocycles. The molecule has 34 heavy (non-hydrogen) atoms. The van der Waals surface area contributed by atoms with E-state index in [-0.39, 0.29) is 29.6 Å². The number of carbonyl (C=O) groups is 2. The van der Waals surface area contributed by atoms with Gasteiger partial charge in [-0.2, -0.15) is 0 Å². The monoisotopic (exact) mass is 488 g/mol. The minimum absolute atomic E-state index is 0.134. The van der Waals surface area contributed by atoms with Gasteiger partial charge in [-0.05, 0) is 54.4 Å². The van der Waals surface area contributed by atoms with Crippen LogP contribution in [0, 0.1) is 17.5 Å². The maximum atomic E-state index is 14.0. The molecule has 1 heterocycles. The molecule has 0 fully saturated rings. The third-order valence-electron chi connectivity index (χ3n) is 5.46. The Labute approximate surface area is 199 Å². The minimum atomic E-state index is -0.977. The maximum Gasteiger partial charge on any atom is 0.264 e. The highest BCUT2D eigenvalue weighted by atomic mass is 35.5. The number of nitrogens with zero attached hydrogens (tertiary/aromatic N) is 1. The van der Waals surface area contributed by atoms with Gasteiger partial charge in [0, 0.05) is 35.4 Å². The van der Waals surface area contributed by atoms with Gasteiger partial charge >= 0.3 is 0 Å². The molecule has 1 unspecified atom stereocenters. The first-order valence-corrected chi connectivity index (χ1v) is 10.9. The van der Waals surface area contributed by atoms with Gasteiger partial charge in [0.05, 0.1) is 5.56 Å². The smallest absolute Gasteiger partial charge is 0.264 e. The Balaban J connectivity index is 1.61. The van der Waals surface area contributed by atoms with Crippen molar-refractivity contribution in [3.8, 4) is 5.75 Å². The number of anilines is 1. The van der Waals surface area contributed by atoms with Crippen molar-refractivity contribution >= 4 is 29.1 Å². The van der Waals surface area contributed by atoms with Crippen molar-refractivity contribution in [2.24, 2.45) is 0 Å². The van der Waals surface area contributed by atoms with Gasteiger partial charge < -0.3 is 15.0 Å². The van der Waals surface area contributed by atoms with E-state index in [0.29, 0.717) is 35.1 Å². The van der Waals surface area contributed by atoms with Crippen LogP contribution >= 0.6 is 11.6 Å². The number of fused-ring (bicyclic) bond motifs is 1. The summed E-state index contributed by atoms with van der Waals surface area (Å²) in [6, 6.07) is 11.5. The van der Waals surface area contributed by atoms with E-state index >= 15 is 0 Å². The number of carbonyl (C=O) groups excluding carboxylic acids is 2. The van der Waals surface area contributed by atoms with Gasteiger partial charge in [-0.3, -0.25) is 9.59 Å². The van der Waals surface area contributed by atoms with Crippen molar-refractivity contribution in [2.45, 2.75) is 32.5 Å². The van der Waals surface area contributed by atoms with Crippen LogP contribution in [-0.4, -0.2) is 22.8 Å². The average Bonchev–Trinajstić information content (AvgIpc) is 2.91. The van der Waals surface area contributed by atoms with Crippen LogP contribution in [0.1, 0.15) is 34.8 Å². The van der Waals surface area contributed by atoms with Gasteiger partial charge in [-0.25, -0.2) is 13.2 Å². The van der Waals surface area contributed by atoms with Crippen molar-refractivity contribution in [3.05, 3.63) is 93.8 Å². The fraction of sp³-hybridized carbons (Fsp3) is 0.200. The molecule has 3 aromatic carbocycles. The number of benzene rings is 3. The lowest BCUT2D eigenvalue weighted by atomic mass is 10.1. The van der Waals surface area contributed by atoms with Gasteiger partial charge in [-0.1, -0.05) is 24.6 Å². The Morgan fingerprint density at radius 2 is 1.82 bits per heavy atom. The second-order valence-electron chi connectivity index (χ2n) is 7.85. The van der Waals surface area contributed by atoms with Crippen LogP contribution in [-0.2, 0) is 17.9 Å². The normalized spacial score (nSPS) is 15.4.